The van der Waals surface area contributed by atoms with Crippen LogP contribution >= 0.6 is 0 Å². The first-order valence-electron chi connectivity index (χ1n) is 6.74. The highest BCUT2D eigenvalue weighted by Crippen LogP contribution is 2.08. The summed E-state index contributed by atoms with van der Waals surface area (Å²) >= 11 is 0. The van der Waals surface area contributed by atoms with Gasteiger partial charge in [0, 0.05) is 12.6 Å². The minimum atomic E-state index is 0.716. The van der Waals surface area contributed by atoms with Crippen molar-refractivity contribution in [2.24, 2.45) is 0 Å². The number of nitrogens with zero attached hydrogens (tertiary/aromatic N) is 1. The Morgan fingerprint density at radius 2 is 1.60 bits per heavy atom. The maximum absolute atomic E-state index is 3.52. The standard InChI is InChI=1S/C10H22N2.C3H8/c1-3-10(11-4-2)9-12-7-5-6-8-12;1-3-2/h10-11H,3-9H2,1-2H3;3H2,1-2H3. The van der Waals surface area contributed by atoms with E-state index in [0.717, 1.165) is 6.54 Å². The zero-order chi connectivity index (χ0) is 11.5. The van der Waals surface area contributed by atoms with Crippen molar-refractivity contribution in [3.63, 3.8) is 0 Å². The summed E-state index contributed by atoms with van der Waals surface area (Å²) in [6.07, 6.45) is 5.31. The molecule has 0 spiro atoms. The first-order valence-corrected chi connectivity index (χ1v) is 6.74. The molecule has 92 valence electrons. The van der Waals surface area contributed by atoms with Gasteiger partial charge in [-0.3, -0.25) is 0 Å². The Labute approximate surface area is 96.4 Å². The topological polar surface area (TPSA) is 15.3 Å². The van der Waals surface area contributed by atoms with Crippen LogP contribution in [0, 0.1) is 0 Å². The maximum Gasteiger partial charge on any atom is 0.0192 e. The normalized spacial score (nSPS) is 18.4. The molecule has 0 saturated carbocycles. The van der Waals surface area contributed by atoms with Crippen molar-refractivity contribution in [1.82, 2.24) is 10.2 Å². The SMILES string of the molecule is CCC.CCNC(CC)CN1CCCC1. The molecule has 0 aromatic heterocycles. The molecule has 1 saturated heterocycles. The second-order valence-electron chi connectivity index (χ2n) is 4.38. The van der Waals surface area contributed by atoms with E-state index >= 15 is 0 Å². The average molecular weight is 214 g/mol. The van der Waals surface area contributed by atoms with Gasteiger partial charge in [0.25, 0.3) is 0 Å². The Bertz CT molecular complexity index is 120. The van der Waals surface area contributed by atoms with Gasteiger partial charge in [0.05, 0.1) is 0 Å². The Balaban J connectivity index is 0.000000583. The fourth-order valence-electron chi connectivity index (χ4n) is 1.90. The highest BCUT2D eigenvalue weighted by Gasteiger charge is 2.14. The van der Waals surface area contributed by atoms with Crippen LogP contribution in [0.3, 0.4) is 0 Å². The van der Waals surface area contributed by atoms with Crippen LogP contribution in [0.5, 0.6) is 0 Å². The number of hydrogen-bond donors (Lipinski definition) is 1. The van der Waals surface area contributed by atoms with E-state index in [4.69, 9.17) is 0 Å². The molecule has 1 aliphatic heterocycles. The molecule has 1 unspecified atom stereocenters. The minimum absolute atomic E-state index is 0.716. The molecule has 1 heterocycles. The summed E-state index contributed by atoms with van der Waals surface area (Å²) in [7, 11) is 0. The van der Waals surface area contributed by atoms with E-state index in [9.17, 15) is 0 Å². The number of rotatable bonds is 5. The monoisotopic (exact) mass is 214 g/mol. The molecule has 1 aliphatic rings. The molecule has 1 N–H and O–H groups in total. The number of nitrogens with one attached hydrogen (secondary N) is 1. The van der Waals surface area contributed by atoms with Crippen LogP contribution in [0.4, 0.5) is 0 Å². The molecule has 1 rings (SSSR count). The third kappa shape index (κ3) is 7.80. The van der Waals surface area contributed by atoms with Gasteiger partial charge in [-0.15, -0.1) is 0 Å². The summed E-state index contributed by atoms with van der Waals surface area (Å²) in [6.45, 7) is 13.7. The summed E-state index contributed by atoms with van der Waals surface area (Å²) in [5.74, 6) is 0. The Morgan fingerprint density at radius 3 is 2.00 bits per heavy atom. The van der Waals surface area contributed by atoms with Crippen molar-refractivity contribution in [2.45, 2.75) is 59.4 Å². The Hall–Kier alpha value is -0.0800. The van der Waals surface area contributed by atoms with Gasteiger partial charge in [0.15, 0.2) is 0 Å². The molecule has 2 heteroatoms. The highest BCUT2D eigenvalue weighted by molar-refractivity contribution is 4.73. The van der Waals surface area contributed by atoms with Crippen LogP contribution in [0.1, 0.15) is 53.4 Å². The summed E-state index contributed by atoms with van der Waals surface area (Å²) in [5.41, 5.74) is 0. The van der Waals surface area contributed by atoms with Crippen molar-refractivity contribution in [1.29, 1.82) is 0 Å². The fraction of sp³-hybridized carbons (Fsp3) is 1.00. The van der Waals surface area contributed by atoms with E-state index in [0.29, 0.717) is 6.04 Å². The average Bonchev–Trinajstić information content (AvgIpc) is 2.71. The molecule has 0 bridgehead atoms. The second-order valence-corrected chi connectivity index (χ2v) is 4.38. The number of likely N-dealkylation sites (N-methyl/N-ethyl adjacent to an activating group) is 1. The molecular weight excluding hydrogens is 184 g/mol. The minimum Gasteiger partial charge on any atom is -0.313 e. The molecule has 0 radical (unpaired) electrons. The van der Waals surface area contributed by atoms with Gasteiger partial charge in [-0.25, -0.2) is 0 Å². The van der Waals surface area contributed by atoms with E-state index < -0.39 is 0 Å². The zero-order valence-electron chi connectivity index (χ0n) is 11.2. The number of likely N-dealkylation sites (tertiary alicyclic amines) is 1. The van der Waals surface area contributed by atoms with Crippen molar-refractivity contribution in [3.05, 3.63) is 0 Å². The van der Waals surface area contributed by atoms with Crippen molar-refractivity contribution < 1.29 is 0 Å². The van der Waals surface area contributed by atoms with Gasteiger partial charge in [0.2, 0.25) is 0 Å². The smallest absolute Gasteiger partial charge is 0.0192 e. The van der Waals surface area contributed by atoms with E-state index in [1.807, 2.05) is 0 Å². The predicted molar refractivity (Wildman–Crippen MR) is 69.4 cm³/mol. The largest absolute Gasteiger partial charge is 0.313 e. The summed E-state index contributed by atoms with van der Waals surface area (Å²) in [4.78, 5) is 2.58. The molecular formula is C13H30N2. The molecule has 0 amide bonds. The summed E-state index contributed by atoms with van der Waals surface area (Å²) < 4.78 is 0. The van der Waals surface area contributed by atoms with Crippen LogP contribution in [-0.2, 0) is 0 Å². The first kappa shape index (κ1) is 14.9. The van der Waals surface area contributed by atoms with Crippen LogP contribution in [0.2, 0.25) is 0 Å². The lowest BCUT2D eigenvalue weighted by Crippen LogP contribution is -2.39. The third-order valence-electron chi connectivity index (χ3n) is 2.66. The highest BCUT2D eigenvalue weighted by atomic mass is 15.2. The molecule has 15 heavy (non-hydrogen) atoms. The van der Waals surface area contributed by atoms with Gasteiger partial charge >= 0.3 is 0 Å². The quantitative estimate of drug-likeness (QED) is 0.757. The van der Waals surface area contributed by atoms with Crippen molar-refractivity contribution >= 4 is 0 Å². The Kier molecular flexibility index (Phi) is 10.4. The van der Waals surface area contributed by atoms with E-state index in [2.05, 4.69) is 37.9 Å². The van der Waals surface area contributed by atoms with Crippen LogP contribution in [0.25, 0.3) is 0 Å². The summed E-state index contributed by atoms with van der Waals surface area (Å²) in [6, 6.07) is 0.716. The molecule has 0 aromatic rings. The molecule has 2 nitrogen and oxygen atoms in total. The van der Waals surface area contributed by atoms with E-state index in [-0.39, 0.29) is 0 Å². The van der Waals surface area contributed by atoms with E-state index in [1.54, 1.807) is 0 Å². The first-order chi connectivity index (χ1) is 7.28. The number of hydrogen-bond acceptors (Lipinski definition) is 2. The van der Waals surface area contributed by atoms with Gasteiger partial charge in [-0.05, 0) is 38.9 Å². The lowest BCUT2D eigenvalue weighted by molar-refractivity contribution is 0.288. The lowest BCUT2D eigenvalue weighted by atomic mass is 10.2. The molecule has 1 atom stereocenters. The van der Waals surface area contributed by atoms with Crippen LogP contribution in [0.15, 0.2) is 0 Å². The zero-order valence-corrected chi connectivity index (χ0v) is 11.2. The van der Waals surface area contributed by atoms with E-state index in [1.165, 1.54) is 45.3 Å². The third-order valence-corrected chi connectivity index (χ3v) is 2.66. The molecule has 0 aromatic carbocycles. The van der Waals surface area contributed by atoms with Crippen molar-refractivity contribution in [3.8, 4) is 0 Å². The van der Waals surface area contributed by atoms with Crippen LogP contribution < -0.4 is 5.32 Å². The van der Waals surface area contributed by atoms with Crippen molar-refractivity contribution in [2.75, 3.05) is 26.2 Å². The van der Waals surface area contributed by atoms with Gasteiger partial charge in [0.1, 0.15) is 0 Å². The molecule has 1 fully saturated rings. The van der Waals surface area contributed by atoms with Gasteiger partial charge < -0.3 is 10.2 Å². The Morgan fingerprint density at radius 1 is 1.07 bits per heavy atom. The maximum atomic E-state index is 3.52. The van der Waals surface area contributed by atoms with Crippen LogP contribution in [-0.4, -0.2) is 37.1 Å². The summed E-state index contributed by atoms with van der Waals surface area (Å²) in [5, 5.41) is 3.52. The molecule has 0 aliphatic carbocycles. The lowest BCUT2D eigenvalue weighted by Gasteiger charge is -2.22. The van der Waals surface area contributed by atoms with Gasteiger partial charge in [-0.1, -0.05) is 34.1 Å². The predicted octanol–water partition coefficient (Wildman–Crippen LogP) is 2.89. The van der Waals surface area contributed by atoms with Gasteiger partial charge in [-0.2, -0.15) is 0 Å². The fourth-order valence-corrected chi connectivity index (χ4v) is 1.90. The second kappa shape index (κ2) is 10.4.